The summed E-state index contributed by atoms with van der Waals surface area (Å²) in [6.07, 6.45) is 1.04. The number of hydrogen-bond acceptors (Lipinski definition) is 4. The summed E-state index contributed by atoms with van der Waals surface area (Å²) in [7, 11) is 1.50. The first-order chi connectivity index (χ1) is 15.9. The van der Waals surface area contributed by atoms with Crippen molar-refractivity contribution in [2.75, 3.05) is 13.7 Å². The second-order valence-corrected chi connectivity index (χ2v) is 8.38. The second-order valence-electron chi connectivity index (χ2n) is 8.38. The molecule has 2 N–H and O–H groups in total. The van der Waals surface area contributed by atoms with Gasteiger partial charge in [0.1, 0.15) is 12.6 Å². The molecule has 2 amide bonds. The molecule has 0 aliphatic heterocycles. The van der Waals surface area contributed by atoms with E-state index in [4.69, 9.17) is 4.74 Å². The van der Waals surface area contributed by atoms with E-state index in [-0.39, 0.29) is 30.9 Å². The van der Waals surface area contributed by atoms with Crippen LogP contribution >= 0.6 is 0 Å². The monoisotopic (exact) mass is 452 g/mol. The van der Waals surface area contributed by atoms with Gasteiger partial charge >= 0.3 is 12.1 Å². The number of ether oxygens (including phenoxy) is 1. The zero-order valence-corrected chi connectivity index (χ0v) is 19.4. The number of nitrogens with zero attached hydrogens (tertiary/aromatic N) is 1. The van der Waals surface area contributed by atoms with Crippen molar-refractivity contribution in [3.63, 3.8) is 0 Å². The Morgan fingerprint density at radius 2 is 1.58 bits per heavy atom. The third-order valence-corrected chi connectivity index (χ3v) is 6.40. The molecule has 0 fully saturated rings. The van der Waals surface area contributed by atoms with E-state index in [0.717, 1.165) is 11.1 Å². The minimum atomic E-state index is -1.02. The molecule has 7 heteroatoms. The van der Waals surface area contributed by atoms with Gasteiger partial charge in [0.15, 0.2) is 0 Å². The highest BCUT2D eigenvalue weighted by atomic mass is 16.5. The smallest absolute Gasteiger partial charge is 0.407 e. The van der Waals surface area contributed by atoms with Crippen LogP contribution in [0.25, 0.3) is 11.1 Å². The molecule has 0 heterocycles. The quantitative estimate of drug-likeness (QED) is 0.557. The van der Waals surface area contributed by atoms with Gasteiger partial charge in [-0.25, -0.2) is 9.59 Å². The highest BCUT2D eigenvalue weighted by Gasteiger charge is 2.29. The Morgan fingerprint density at radius 3 is 2.09 bits per heavy atom. The van der Waals surface area contributed by atoms with Crippen molar-refractivity contribution in [1.29, 1.82) is 0 Å². The molecule has 0 aromatic heterocycles. The highest BCUT2D eigenvalue weighted by molar-refractivity contribution is 5.83. The van der Waals surface area contributed by atoms with Gasteiger partial charge in [-0.05, 0) is 41.5 Å². The molecule has 33 heavy (non-hydrogen) atoms. The van der Waals surface area contributed by atoms with Crippen molar-refractivity contribution in [3.05, 3.63) is 59.7 Å². The summed E-state index contributed by atoms with van der Waals surface area (Å²) < 4.78 is 5.59. The predicted molar refractivity (Wildman–Crippen MR) is 126 cm³/mol. The first-order valence-corrected chi connectivity index (χ1v) is 11.5. The van der Waals surface area contributed by atoms with Gasteiger partial charge < -0.3 is 20.1 Å². The van der Waals surface area contributed by atoms with Crippen LogP contribution in [-0.4, -0.2) is 53.7 Å². The normalized spacial score (nSPS) is 14.0. The van der Waals surface area contributed by atoms with Crippen LogP contribution in [0.2, 0.25) is 0 Å². The predicted octanol–water partition coefficient (Wildman–Crippen LogP) is 4.41. The SMILES string of the molecule is CCC(CCC(=O)N(C)C(CC)C(=O)O)NC(=O)OCC1c2ccccc2-c2ccccc21. The van der Waals surface area contributed by atoms with Crippen molar-refractivity contribution in [3.8, 4) is 11.1 Å². The Morgan fingerprint density at radius 1 is 1.00 bits per heavy atom. The molecule has 1 aliphatic carbocycles. The zero-order valence-electron chi connectivity index (χ0n) is 19.4. The molecule has 3 rings (SSSR count). The van der Waals surface area contributed by atoms with E-state index in [9.17, 15) is 19.5 Å². The molecule has 0 saturated carbocycles. The molecule has 1 aliphatic rings. The molecular weight excluding hydrogens is 420 g/mol. The summed E-state index contributed by atoms with van der Waals surface area (Å²) in [4.78, 5) is 37.5. The van der Waals surface area contributed by atoms with Gasteiger partial charge in [0.2, 0.25) is 5.91 Å². The Hall–Kier alpha value is -3.35. The maximum Gasteiger partial charge on any atom is 0.407 e. The van der Waals surface area contributed by atoms with E-state index >= 15 is 0 Å². The number of amides is 2. The van der Waals surface area contributed by atoms with Crippen LogP contribution in [0.4, 0.5) is 4.79 Å². The molecule has 176 valence electrons. The Labute approximate surface area is 194 Å². The third kappa shape index (κ3) is 5.53. The van der Waals surface area contributed by atoms with Gasteiger partial charge in [-0.1, -0.05) is 62.4 Å². The van der Waals surface area contributed by atoms with Crippen LogP contribution in [0.5, 0.6) is 0 Å². The minimum absolute atomic E-state index is 0.0135. The van der Waals surface area contributed by atoms with Crippen molar-refractivity contribution in [2.45, 2.75) is 57.5 Å². The maximum absolute atomic E-state index is 12.5. The highest BCUT2D eigenvalue weighted by Crippen LogP contribution is 2.44. The Kier molecular flexibility index (Phi) is 8.09. The summed E-state index contributed by atoms with van der Waals surface area (Å²) in [5.74, 6) is -1.28. The first kappa shape index (κ1) is 24.3. The Bertz CT molecular complexity index is 960. The number of fused-ring (bicyclic) bond motifs is 3. The van der Waals surface area contributed by atoms with Gasteiger partial charge in [-0.3, -0.25) is 4.79 Å². The fraction of sp³-hybridized carbons (Fsp3) is 0.423. The largest absolute Gasteiger partial charge is 0.480 e. The van der Waals surface area contributed by atoms with Gasteiger partial charge in [0.25, 0.3) is 0 Å². The number of carbonyl (C=O) groups excluding carboxylic acids is 2. The maximum atomic E-state index is 12.5. The molecule has 2 unspecified atom stereocenters. The van der Waals surface area contributed by atoms with Crippen molar-refractivity contribution < 1.29 is 24.2 Å². The average Bonchev–Trinajstić information content (AvgIpc) is 3.14. The standard InChI is InChI=1S/C26H32N2O5/c1-4-17(14-15-24(29)28(3)23(5-2)25(30)31)27-26(32)33-16-22-20-12-8-6-10-18(20)19-11-7-9-13-21(19)22/h6-13,17,22-23H,4-5,14-16H2,1-3H3,(H,27,32)(H,30,31). The number of aliphatic carboxylic acids is 1. The van der Waals surface area contributed by atoms with E-state index in [1.807, 2.05) is 31.2 Å². The van der Waals surface area contributed by atoms with Crippen LogP contribution in [0.15, 0.2) is 48.5 Å². The van der Waals surface area contributed by atoms with Crippen LogP contribution in [0.3, 0.4) is 0 Å². The number of alkyl carbamates (subject to hydrolysis) is 1. The molecule has 2 atom stereocenters. The minimum Gasteiger partial charge on any atom is -0.480 e. The van der Waals surface area contributed by atoms with Crippen molar-refractivity contribution in [2.24, 2.45) is 0 Å². The van der Waals surface area contributed by atoms with Gasteiger partial charge in [0.05, 0.1) is 0 Å². The lowest BCUT2D eigenvalue weighted by molar-refractivity contribution is -0.149. The summed E-state index contributed by atoms with van der Waals surface area (Å²) in [5, 5.41) is 12.1. The number of nitrogens with one attached hydrogen (secondary N) is 1. The third-order valence-electron chi connectivity index (χ3n) is 6.40. The fourth-order valence-electron chi connectivity index (χ4n) is 4.45. The van der Waals surface area contributed by atoms with E-state index < -0.39 is 18.1 Å². The lowest BCUT2D eigenvalue weighted by atomic mass is 9.98. The molecule has 0 spiro atoms. The summed E-state index contributed by atoms with van der Waals surface area (Å²) in [5.41, 5.74) is 4.64. The van der Waals surface area contributed by atoms with Crippen molar-refractivity contribution in [1.82, 2.24) is 10.2 Å². The molecule has 0 radical (unpaired) electrons. The van der Waals surface area contributed by atoms with Crippen LogP contribution < -0.4 is 5.32 Å². The molecule has 2 aromatic carbocycles. The molecule has 0 saturated heterocycles. The number of hydrogen-bond donors (Lipinski definition) is 2. The number of benzene rings is 2. The molecule has 0 bridgehead atoms. The van der Waals surface area contributed by atoms with Gasteiger partial charge in [0, 0.05) is 25.4 Å². The van der Waals surface area contributed by atoms with Crippen molar-refractivity contribution >= 4 is 18.0 Å². The van der Waals surface area contributed by atoms with Crippen LogP contribution in [-0.2, 0) is 14.3 Å². The number of carbonyl (C=O) groups is 3. The summed E-state index contributed by atoms with van der Waals surface area (Å²) in [6.45, 7) is 3.89. The van der Waals surface area contributed by atoms with Crippen LogP contribution in [0.1, 0.15) is 56.6 Å². The van der Waals surface area contributed by atoms with E-state index in [0.29, 0.717) is 19.3 Å². The zero-order chi connectivity index (χ0) is 24.0. The number of likely N-dealkylation sites (N-methyl/N-ethyl adjacent to an activating group) is 1. The van der Waals surface area contributed by atoms with E-state index in [2.05, 4.69) is 29.6 Å². The van der Waals surface area contributed by atoms with Gasteiger partial charge in [-0.2, -0.15) is 0 Å². The summed E-state index contributed by atoms with van der Waals surface area (Å²) in [6, 6.07) is 15.2. The van der Waals surface area contributed by atoms with E-state index in [1.165, 1.54) is 23.1 Å². The number of carboxylic acid groups (broad SMARTS) is 1. The van der Waals surface area contributed by atoms with E-state index in [1.54, 1.807) is 6.92 Å². The first-order valence-electron chi connectivity index (χ1n) is 11.5. The number of carboxylic acids is 1. The lowest BCUT2D eigenvalue weighted by Gasteiger charge is -2.25. The number of rotatable bonds is 10. The lowest BCUT2D eigenvalue weighted by Crippen LogP contribution is -2.43. The fourth-order valence-corrected chi connectivity index (χ4v) is 4.45. The second kappa shape index (κ2) is 11.0. The summed E-state index contributed by atoms with van der Waals surface area (Å²) >= 11 is 0. The molecule has 7 nitrogen and oxygen atoms in total. The topological polar surface area (TPSA) is 95.9 Å². The van der Waals surface area contributed by atoms with Crippen LogP contribution in [0, 0.1) is 0 Å². The Balaban J connectivity index is 1.54. The molecular formula is C26H32N2O5. The average molecular weight is 453 g/mol. The molecule has 2 aromatic rings. The van der Waals surface area contributed by atoms with Gasteiger partial charge in [-0.15, -0.1) is 0 Å².